The zero-order chi connectivity index (χ0) is 14.0. The topological polar surface area (TPSA) is 107 Å². The van der Waals surface area contributed by atoms with E-state index in [1.165, 1.54) is 28.6 Å². The fourth-order valence-corrected chi connectivity index (χ4v) is 3.47. The molecule has 0 aliphatic carbocycles. The van der Waals surface area contributed by atoms with Gasteiger partial charge < -0.3 is 5.73 Å². The van der Waals surface area contributed by atoms with E-state index in [0.29, 0.717) is 25.9 Å². The summed E-state index contributed by atoms with van der Waals surface area (Å²) in [4.78, 5) is 10.0. The summed E-state index contributed by atoms with van der Waals surface area (Å²) in [7, 11) is -3.57. The van der Waals surface area contributed by atoms with E-state index in [1.807, 2.05) is 0 Å². The SMILES string of the molecule is Cl.NC1CCN(S(=O)(=O)c2ccc([N+](=O)[O-])cc2)CC1. The number of non-ortho nitro benzene ring substituents is 1. The zero-order valence-corrected chi connectivity index (χ0v) is 12.3. The van der Waals surface area contributed by atoms with Crippen LogP contribution in [0, 0.1) is 10.1 Å². The number of nitro benzene ring substituents is 1. The molecule has 1 heterocycles. The monoisotopic (exact) mass is 321 g/mol. The molecule has 2 N–H and O–H groups in total. The van der Waals surface area contributed by atoms with E-state index in [1.54, 1.807) is 0 Å². The maximum absolute atomic E-state index is 12.3. The number of hydrogen-bond donors (Lipinski definition) is 1. The molecule has 1 aliphatic heterocycles. The van der Waals surface area contributed by atoms with Gasteiger partial charge in [0.25, 0.3) is 5.69 Å². The molecule has 0 unspecified atom stereocenters. The van der Waals surface area contributed by atoms with Gasteiger partial charge >= 0.3 is 0 Å². The number of hydrogen-bond acceptors (Lipinski definition) is 5. The van der Waals surface area contributed by atoms with E-state index in [9.17, 15) is 18.5 Å². The lowest BCUT2D eigenvalue weighted by molar-refractivity contribution is -0.384. The van der Waals surface area contributed by atoms with Crippen LogP contribution < -0.4 is 5.73 Å². The Bertz CT molecular complexity index is 568. The van der Waals surface area contributed by atoms with Crippen LogP contribution in [0.2, 0.25) is 0 Å². The van der Waals surface area contributed by atoms with Crippen molar-refractivity contribution in [1.29, 1.82) is 0 Å². The molecule has 0 spiro atoms. The summed E-state index contributed by atoms with van der Waals surface area (Å²) in [5.74, 6) is 0. The van der Waals surface area contributed by atoms with Crippen molar-refractivity contribution >= 4 is 28.1 Å². The summed E-state index contributed by atoms with van der Waals surface area (Å²) in [6.45, 7) is 0.779. The van der Waals surface area contributed by atoms with Crippen LogP contribution in [0.4, 0.5) is 5.69 Å². The number of piperidine rings is 1. The Hall–Kier alpha value is -1.22. The maximum atomic E-state index is 12.3. The van der Waals surface area contributed by atoms with Gasteiger partial charge in [-0.2, -0.15) is 4.31 Å². The fourth-order valence-electron chi connectivity index (χ4n) is 2.01. The van der Waals surface area contributed by atoms with Crippen molar-refractivity contribution in [3.63, 3.8) is 0 Å². The molecule has 1 aromatic carbocycles. The van der Waals surface area contributed by atoms with Crippen LogP contribution >= 0.6 is 12.4 Å². The first-order valence-corrected chi connectivity index (χ1v) is 7.35. The molecule has 1 saturated heterocycles. The van der Waals surface area contributed by atoms with Gasteiger partial charge in [0.2, 0.25) is 10.0 Å². The molecule has 0 radical (unpaired) electrons. The Morgan fingerprint density at radius 3 is 2.15 bits per heavy atom. The smallest absolute Gasteiger partial charge is 0.269 e. The second kappa shape index (κ2) is 6.49. The first-order chi connectivity index (χ1) is 8.91. The van der Waals surface area contributed by atoms with Crippen molar-refractivity contribution in [2.24, 2.45) is 5.73 Å². The Labute approximate surface area is 123 Å². The number of nitrogens with zero attached hydrogens (tertiary/aromatic N) is 2. The average Bonchev–Trinajstić information content (AvgIpc) is 2.39. The highest BCUT2D eigenvalue weighted by molar-refractivity contribution is 7.89. The summed E-state index contributed by atoms with van der Waals surface area (Å²) >= 11 is 0. The minimum Gasteiger partial charge on any atom is -0.328 e. The lowest BCUT2D eigenvalue weighted by atomic mass is 10.1. The highest BCUT2D eigenvalue weighted by Gasteiger charge is 2.28. The van der Waals surface area contributed by atoms with E-state index < -0.39 is 14.9 Å². The Kier molecular flexibility index (Phi) is 5.46. The molecular weight excluding hydrogens is 306 g/mol. The Morgan fingerprint density at radius 2 is 1.70 bits per heavy atom. The van der Waals surface area contributed by atoms with Gasteiger partial charge in [-0.3, -0.25) is 10.1 Å². The largest absolute Gasteiger partial charge is 0.328 e. The quantitative estimate of drug-likeness (QED) is 0.663. The van der Waals surface area contributed by atoms with Gasteiger partial charge in [-0.25, -0.2) is 8.42 Å². The first kappa shape index (κ1) is 16.8. The third kappa shape index (κ3) is 3.45. The number of rotatable bonds is 3. The first-order valence-electron chi connectivity index (χ1n) is 5.91. The highest BCUT2D eigenvalue weighted by atomic mass is 35.5. The van der Waals surface area contributed by atoms with Crippen LogP contribution in [0.5, 0.6) is 0 Å². The lowest BCUT2D eigenvalue weighted by Crippen LogP contribution is -2.42. The summed E-state index contributed by atoms with van der Waals surface area (Å²) in [6, 6.07) is 4.97. The highest BCUT2D eigenvalue weighted by Crippen LogP contribution is 2.22. The minimum absolute atomic E-state index is 0. The molecule has 112 valence electrons. The molecule has 0 saturated carbocycles. The van der Waals surface area contributed by atoms with Crippen LogP contribution in [0.3, 0.4) is 0 Å². The standard InChI is InChI=1S/C11H15N3O4S.ClH/c12-9-5-7-13(8-6-9)19(17,18)11-3-1-10(2-4-11)14(15)16;/h1-4,9H,5-8,12H2;1H. The minimum atomic E-state index is -3.57. The maximum Gasteiger partial charge on any atom is 0.269 e. The van der Waals surface area contributed by atoms with E-state index in [0.717, 1.165) is 0 Å². The number of sulfonamides is 1. The molecule has 0 atom stereocenters. The molecule has 2 rings (SSSR count). The Balaban J connectivity index is 0.00000200. The van der Waals surface area contributed by atoms with Crippen molar-refractivity contribution < 1.29 is 13.3 Å². The van der Waals surface area contributed by atoms with Crippen LogP contribution in [0.1, 0.15) is 12.8 Å². The van der Waals surface area contributed by atoms with E-state index in [-0.39, 0.29) is 29.0 Å². The zero-order valence-electron chi connectivity index (χ0n) is 10.6. The molecule has 20 heavy (non-hydrogen) atoms. The molecular formula is C11H16ClN3O4S. The summed E-state index contributed by atoms with van der Waals surface area (Å²) in [5.41, 5.74) is 5.61. The van der Waals surface area contributed by atoms with Gasteiger partial charge in [0.1, 0.15) is 0 Å². The third-order valence-corrected chi connectivity index (χ3v) is 5.10. The van der Waals surface area contributed by atoms with E-state index in [2.05, 4.69) is 0 Å². The van der Waals surface area contributed by atoms with Crippen LogP contribution in [0.15, 0.2) is 29.2 Å². The molecule has 1 fully saturated rings. The molecule has 1 aliphatic rings. The van der Waals surface area contributed by atoms with Crippen molar-refractivity contribution in [1.82, 2.24) is 4.31 Å². The molecule has 1 aromatic rings. The number of nitrogens with two attached hydrogens (primary N) is 1. The predicted molar refractivity (Wildman–Crippen MR) is 76.3 cm³/mol. The van der Waals surface area contributed by atoms with Gasteiger partial charge in [0.15, 0.2) is 0 Å². The second-order valence-corrected chi connectivity index (χ2v) is 6.43. The number of nitro groups is 1. The fraction of sp³-hybridized carbons (Fsp3) is 0.455. The molecule has 9 heteroatoms. The van der Waals surface area contributed by atoms with E-state index in [4.69, 9.17) is 5.73 Å². The van der Waals surface area contributed by atoms with Gasteiger partial charge in [-0.05, 0) is 25.0 Å². The van der Waals surface area contributed by atoms with Gasteiger partial charge in [-0.15, -0.1) is 12.4 Å². The van der Waals surface area contributed by atoms with Crippen LogP contribution in [-0.4, -0.2) is 36.8 Å². The molecule has 0 bridgehead atoms. The van der Waals surface area contributed by atoms with Crippen molar-refractivity contribution in [2.75, 3.05) is 13.1 Å². The normalized spacial score (nSPS) is 17.4. The second-order valence-electron chi connectivity index (χ2n) is 4.49. The Morgan fingerprint density at radius 1 is 1.20 bits per heavy atom. The predicted octanol–water partition coefficient (Wildman–Crippen LogP) is 1.13. The van der Waals surface area contributed by atoms with Gasteiger partial charge in [0, 0.05) is 31.3 Å². The number of halogens is 1. The van der Waals surface area contributed by atoms with Crippen LogP contribution in [-0.2, 0) is 10.0 Å². The van der Waals surface area contributed by atoms with Crippen molar-refractivity contribution in [3.8, 4) is 0 Å². The lowest BCUT2D eigenvalue weighted by Gasteiger charge is -2.29. The van der Waals surface area contributed by atoms with Crippen molar-refractivity contribution in [3.05, 3.63) is 34.4 Å². The summed E-state index contributed by atoms with van der Waals surface area (Å²) < 4.78 is 26.0. The van der Waals surface area contributed by atoms with Crippen molar-refractivity contribution in [2.45, 2.75) is 23.8 Å². The molecule has 0 amide bonds. The van der Waals surface area contributed by atoms with Crippen LogP contribution in [0.25, 0.3) is 0 Å². The summed E-state index contributed by atoms with van der Waals surface area (Å²) in [5, 5.41) is 10.5. The molecule has 7 nitrogen and oxygen atoms in total. The summed E-state index contributed by atoms with van der Waals surface area (Å²) in [6.07, 6.45) is 1.26. The van der Waals surface area contributed by atoms with Gasteiger partial charge in [-0.1, -0.05) is 0 Å². The molecule has 0 aromatic heterocycles. The average molecular weight is 322 g/mol. The third-order valence-electron chi connectivity index (χ3n) is 3.18. The number of benzene rings is 1. The van der Waals surface area contributed by atoms with E-state index >= 15 is 0 Å². The van der Waals surface area contributed by atoms with Gasteiger partial charge in [0.05, 0.1) is 9.82 Å².